The van der Waals surface area contributed by atoms with Crippen molar-refractivity contribution in [3.8, 4) is 0 Å². The molecule has 3 rings (SSSR count). The van der Waals surface area contributed by atoms with Gasteiger partial charge in [-0.15, -0.1) is 0 Å². The normalized spacial score (nSPS) is 18.6. The highest BCUT2D eigenvalue weighted by molar-refractivity contribution is 5.17. The molecule has 0 amide bonds. The fraction of sp³-hybridized carbons (Fsp3) is 0.476. The highest BCUT2D eigenvalue weighted by Gasteiger charge is 2.21. The molecule has 0 spiro atoms. The number of piperidine rings is 1. The maximum absolute atomic E-state index is 13.8. The van der Waals surface area contributed by atoms with E-state index in [1.807, 2.05) is 24.5 Å². The van der Waals surface area contributed by atoms with Crippen LogP contribution in [0.25, 0.3) is 0 Å². The van der Waals surface area contributed by atoms with Crippen molar-refractivity contribution in [2.45, 2.75) is 25.8 Å². The summed E-state index contributed by atoms with van der Waals surface area (Å²) in [6, 6.07) is 11.3. The van der Waals surface area contributed by atoms with Gasteiger partial charge < -0.3 is 9.80 Å². The topological polar surface area (TPSA) is 19.4 Å². The van der Waals surface area contributed by atoms with E-state index in [-0.39, 0.29) is 5.82 Å². The van der Waals surface area contributed by atoms with Crippen molar-refractivity contribution in [2.24, 2.45) is 5.92 Å². The van der Waals surface area contributed by atoms with Crippen molar-refractivity contribution in [2.75, 3.05) is 33.2 Å². The van der Waals surface area contributed by atoms with Crippen LogP contribution in [0.2, 0.25) is 0 Å². The molecule has 1 fully saturated rings. The Hall–Kier alpha value is -1.78. The Morgan fingerprint density at radius 3 is 2.80 bits per heavy atom. The van der Waals surface area contributed by atoms with Gasteiger partial charge in [0, 0.05) is 38.6 Å². The van der Waals surface area contributed by atoms with E-state index in [0.717, 1.165) is 44.7 Å². The molecule has 1 saturated heterocycles. The lowest BCUT2D eigenvalue weighted by molar-refractivity contribution is 0.142. The summed E-state index contributed by atoms with van der Waals surface area (Å²) in [5.74, 6) is 0.620. The molecule has 1 aromatic carbocycles. The molecule has 0 bridgehead atoms. The lowest BCUT2D eigenvalue weighted by Crippen LogP contribution is -2.40. The summed E-state index contributed by atoms with van der Waals surface area (Å²) in [6.07, 6.45) is 7.04. The molecular formula is C21H28FN3. The predicted molar refractivity (Wildman–Crippen MR) is 99.8 cm³/mol. The fourth-order valence-corrected chi connectivity index (χ4v) is 3.79. The molecule has 0 saturated carbocycles. The summed E-state index contributed by atoms with van der Waals surface area (Å²) in [5.41, 5.74) is 2.14. The first-order valence-electron chi connectivity index (χ1n) is 9.24. The summed E-state index contributed by atoms with van der Waals surface area (Å²) in [5, 5.41) is 0. The Morgan fingerprint density at radius 2 is 2.00 bits per heavy atom. The molecule has 1 aliphatic heterocycles. The Morgan fingerprint density at radius 1 is 1.20 bits per heavy atom. The first-order valence-corrected chi connectivity index (χ1v) is 9.24. The molecule has 0 N–H and O–H groups in total. The van der Waals surface area contributed by atoms with E-state index in [9.17, 15) is 4.39 Å². The number of rotatable bonds is 7. The minimum Gasteiger partial charge on any atom is -0.303 e. The highest BCUT2D eigenvalue weighted by atomic mass is 19.1. The van der Waals surface area contributed by atoms with Crippen molar-refractivity contribution < 1.29 is 4.39 Å². The third-order valence-corrected chi connectivity index (χ3v) is 5.03. The largest absolute Gasteiger partial charge is 0.303 e. The smallest absolute Gasteiger partial charge is 0.126 e. The van der Waals surface area contributed by atoms with Crippen LogP contribution in [0, 0.1) is 11.7 Å². The lowest BCUT2D eigenvalue weighted by Gasteiger charge is -2.34. The number of hydrogen-bond acceptors (Lipinski definition) is 3. The minimum absolute atomic E-state index is 0.0758. The van der Waals surface area contributed by atoms with Crippen molar-refractivity contribution in [1.82, 2.24) is 14.8 Å². The quantitative estimate of drug-likeness (QED) is 0.767. The summed E-state index contributed by atoms with van der Waals surface area (Å²) in [4.78, 5) is 8.98. The van der Waals surface area contributed by atoms with Crippen molar-refractivity contribution in [1.29, 1.82) is 0 Å². The number of pyridine rings is 1. The number of nitrogens with zero attached hydrogens (tertiary/aromatic N) is 3. The van der Waals surface area contributed by atoms with Gasteiger partial charge in [0.1, 0.15) is 5.82 Å². The second kappa shape index (κ2) is 9.07. The third-order valence-electron chi connectivity index (χ3n) is 5.03. The monoisotopic (exact) mass is 341 g/mol. The van der Waals surface area contributed by atoms with Gasteiger partial charge in [0.15, 0.2) is 0 Å². The van der Waals surface area contributed by atoms with Crippen LogP contribution in [-0.2, 0) is 13.0 Å². The lowest BCUT2D eigenvalue weighted by atomic mass is 9.97. The van der Waals surface area contributed by atoms with Gasteiger partial charge in [-0.05, 0) is 68.1 Å². The fourth-order valence-electron chi connectivity index (χ4n) is 3.79. The second-order valence-corrected chi connectivity index (χ2v) is 7.20. The van der Waals surface area contributed by atoms with Crippen LogP contribution in [-0.4, -0.2) is 48.0 Å². The van der Waals surface area contributed by atoms with E-state index in [1.165, 1.54) is 18.4 Å². The molecule has 1 aliphatic rings. The zero-order valence-electron chi connectivity index (χ0n) is 15.1. The summed E-state index contributed by atoms with van der Waals surface area (Å²) in [6.45, 7) is 5.28. The minimum atomic E-state index is -0.0758. The highest BCUT2D eigenvalue weighted by Crippen LogP contribution is 2.19. The van der Waals surface area contributed by atoms with Gasteiger partial charge in [-0.2, -0.15) is 0 Å². The van der Waals surface area contributed by atoms with Crippen LogP contribution in [0.1, 0.15) is 24.0 Å². The third kappa shape index (κ3) is 5.62. The molecule has 0 aliphatic carbocycles. The van der Waals surface area contributed by atoms with Crippen LogP contribution in [0.5, 0.6) is 0 Å². The van der Waals surface area contributed by atoms with E-state index in [2.05, 4.69) is 34.0 Å². The zero-order chi connectivity index (χ0) is 17.5. The number of benzene rings is 1. The van der Waals surface area contributed by atoms with Crippen LogP contribution in [0.15, 0.2) is 48.8 Å². The second-order valence-electron chi connectivity index (χ2n) is 7.20. The van der Waals surface area contributed by atoms with Crippen molar-refractivity contribution in [3.05, 3.63) is 65.7 Å². The SMILES string of the molecule is CN(Cc1ccncc1)CC1CCCN(CCc2ccccc2F)C1. The Bertz CT molecular complexity index is 647. The van der Waals surface area contributed by atoms with Crippen LogP contribution < -0.4 is 0 Å². The van der Waals surface area contributed by atoms with Gasteiger partial charge in [0.25, 0.3) is 0 Å². The summed E-state index contributed by atoms with van der Waals surface area (Å²) >= 11 is 0. The van der Waals surface area contributed by atoms with Gasteiger partial charge in [0.05, 0.1) is 0 Å². The van der Waals surface area contributed by atoms with E-state index in [4.69, 9.17) is 0 Å². The van der Waals surface area contributed by atoms with Crippen LogP contribution in [0.3, 0.4) is 0 Å². The van der Waals surface area contributed by atoms with E-state index >= 15 is 0 Å². The molecule has 25 heavy (non-hydrogen) atoms. The molecule has 0 radical (unpaired) electrons. The predicted octanol–water partition coefficient (Wildman–Crippen LogP) is 3.61. The first kappa shape index (κ1) is 18.0. The van der Waals surface area contributed by atoms with Gasteiger partial charge in [0.2, 0.25) is 0 Å². The zero-order valence-corrected chi connectivity index (χ0v) is 15.1. The first-order chi connectivity index (χ1) is 12.2. The Balaban J connectivity index is 1.45. The van der Waals surface area contributed by atoms with E-state index in [0.29, 0.717) is 5.92 Å². The van der Waals surface area contributed by atoms with Gasteiger partial charge in [-0.1, -0.05) is 18.2 Å². The maximum Gasteiger partial charge on any atom is 0.126 e. The molecule has 1 aromatic heterocycles. The molecule has 4 heteroatoms. The molecule has 134 valence electrons. The molecule has 2 aromatic rings. The number of halogens is 1. The standard InChI is InChI=1S/C21H28FN3/c1-24(15-18-8-11-23-12-9-18)16-19-5-4-13-25(17-19)14-10-20-6-2-3-7-21(20)22/h2-3,6-9,11-12,19H,4-5,10,13-17H2,1H3. The average Bonchev–Trinajstić information content (AvgIpc) is 2.62. The average molecular weight is 341 g/mol. The molecule has 1 atom stereocenters. The molecule has 1 unspecified atom stereocenters. The summed E-state index contributed by atoms with van der Waals surface area (Å²) < 4.78 is 13.8. The summed E-state index contributed by atoms with van der Waals surface area (Å²) in [7, 11) is 2.19. The van der Waals surface area contributed by atoms with Crippen molar-refractivity contribution >= 4 is 0 Å². The number of aromatic nitrogens is 1. The Labute approximate surface area is 150 Å². The number of hydrogen-bond donors (Lipinski definition) is 0. The maximum atomic E-state index is 13.8. The Kier molecular flexibility index (Phi) is 6.54. The van der Waals surface area contributed by atoms with E-state index in [1.54, 1.807) is 12.1 Å². The van der Waals surface area contributed by atoms with Gasteiger partial charge >= 0.3 is 0 Å². The molecule has 2 heterocycles. The number of likely N-dealkylation sites (tertiary alicyclic amines) is 1. The van der Waals surface area contributed by atoms with E-state index < -0.39 is 0 Å². The van der Waals surface area contributed by atoms with Crippen molar-refractivity contribution in [3.63, 3.8) is 0 Å². The van der Waals surface area contributed by atoms with Gasteiger partial charge in [-0.25, -0.2) is 4.39 Å². The van der Waals surface area contributed by atoms with Crippen LogP contribution >= 0.6 is 0 Å². The van der Waals surface area contributed by atoms with Gasteiger partial charge in [-0.3, -0.25) is 4.98 Å². The van der Waals surface area contributed by atoms with Crippen LogP contribution in [0.4, 0.5) is 4.39 Å². The molecule has 3 nitrogen and oxygen atoms in total. The molecular weight excluding hydrogens is 313 g/mol.